The van der Waals surface area contributed by atoms with Crippen LogP contribution in [0.5, 0.6) is 5.75 Å². The van der Waals surface area contributed by atoms with E-state index in [0.29, 0.717) is 25.6 Å². The monoisotopic (exact) mass is 368 g/mol. The molecule has 2 rings (SSSR count). The summed E-state index contributed by atoms with van der Waals surface area (Å²) in [6.45, 7) is 3.36. The van der Waals surface area contributed by atoms with Crippen molar-refractivity contribution in [3.05, 3.63) is 65.7 Å². The molecule has 0 saturated carbocycles. The van der Waals surface area contributed by atoms with Gasteiger partial charge in [-0.2, -0.15) is 0 Å². The molecular weight excluding hydrogens is 336 g/mol. The Hall–Kier alpha value is -2.33. The van der Waals surface area contributed by atoms with Crippen molar-refractivity contribution >= 4 is 5.91 Å². The summed E-state index contributed by atoms with van der Waals surface area (Å²) in [4.78, 5) is 14.3. The molecule has 0 aliphatic heterocycles. The van der Waals surface area contributed by atoms with E-state index in [-0.39, 0.29) is 5.91 Å². The van der Waals surface area contributed by atoms with Crippen LogP contribution in [-0.4, -0.2) is 44.1 Å². The van der Waals surface area contributed by atoms with Crippen LogP contribution in [0.25, 0.3) is 0 Å². The molecular formula is C23H32N2O2. The van der Waals surface area contributed by atoms with Crippen molar-refractivity contribution in [1.29, 1.82) is 0 Å². The van der Waals surface area contributed by atoms with Gasteiger partial charge in [0.05, 0.1) is 6.61 Å². The Morgan fingerprint density at radius 1 is 1.07 bits per heavy atom. The van der Waals surface area contributed by atoms with Crippen molar-refractivity contribution in [2.45, 2.75) is 38.6 Å². The van der Waals surface area contributed by atoms with E-state index in [1.165, 1.54) is 11.1 Å². The van der Waals surface area contributed by atoms with E-state index >= 15 is 0 Å². The van der Waals surface area contributed by atoms with E-state index in [4.69, 9.17) is 4.74 Å². The van der Waals surface area contributed by atoms with E-state index in [9.17, 15) is 4.79 Å². The number of nitrogens with zero attached hydrogens (tertiary/aromatic N) is 1. The number of likely N-dealkylation sites (N-methyl/N-ethyl adjacent to an activating group) is 1. The lowest BCUT2D eigenvalue weighted by Crippen LogP contribution is -2.41. The van der Waals surface area contributed by atoms with E-state index in [1.807, 2.05) is 24.3 Å². The Balaban J connectivity index is 1.62. The highest BCUT2D eigenvalue weighted by Gasteiger charge is 2.13. The van der Waals surface area contributed by atoms with E-state index < -0.39 is 0 Å². The molecule has 146 valence electrons. The number of nitrogens with one attached hydrogen (secondary N) is 1. The van der Waals surface area contributed by atoms with E-state index in [0.717, 1.165) is 25.0 Å². The van der Waals surface area contributed by atoms with Crippen LogP contribution in [0, 0.1) is 6.92 Å². The highest BCUT2D eigenvalue weighted by atomic mass is 16.5. The number of amides is 1. The van der Waals surface area contributed by atoms with Crippen LogP contribution >= 0.6 is 0 Å². The van der Waals surface area contributed by atoms with Gasteiger partial charge in [0.1, 0.15) is 5.75 Å². The lowest BCUT2D eigenvalue weighted by atomic mass is 10.1. The van der Waals surface area contributed by atoms with Crippen LogP contribution in [-0.2, 0) is 11.2 Å². The lowest BCUT2D eigenvalue weighted by molar-refractivity contribution is -0.121. The third kappa shape index (κ3) is 8.27. The molecule has 0 aliphatic carbocycles. The fourth-order valence-corrected chi connectivity index (χ4v) is 2.93. The summed E-state index contributed by atoms with van der Waals surface area (Å²) in [5.74, 6) is 1.01. The van der Waals surface area contributed by atoms with Crippen LogP contribution in [0.4, 0.5) is 0 Å². The number of benzene rings is 2. The molecule has 4 nitrogen and oxygen atoms in total. The average Bonchev–Trinajstić information content (AvgIpc) is 2.65. The van der Waals surface area contributed by atoms with Gasteiger partial charge in [-0.15, -0.1) is 0 Å². The zero-order valence-electron chi connectivity index (χ0n) is 16.8. The van der Waals surface area contributed by atoms with Gasteiger partial charge in [-0.05, 0) is 63.5 Å². The molecule has 1 unspecified atom stereocenters. The van der Waals surface area contributed by atoms with Crippen LogP contribution < -0.4 is 10.1 Å². The molecule has 1 amide bonds. The second-order valence-electron chi connectivity index (χ2n) is 7.23. The molecule has 27 heavy (non-hydrogen) atoms. The number of hydrogen-bond acceptors (Lipinski definition) is 3. The van der Waals surface area contributed by atoms with Crippen molar-refractivity contribution in [2.24, 2.45) is 0 Å². The summed E-state index contributed by atoms with van der Waals surface area (Å²) in [5.41, 5.74) is 2.48. The van der Waals surface area contributed by atoms with E-state index in [1.54, 1.807) is 0 Å². The van der Waals surface area contributed by atoms with Gasteiger partial charge in [-0.1, -0.05) is 42.5 Å². The Labute approximate surface area is 163 Å². The number of aryl methyl sites for hydroxylation is 1. The fourth-order valence-electron chi connectivity index (χ4n) is 2.93. The zero-order valence-corrected chi connectivity index (χ0v) is 16.8. The Morgan fingerprint density at radius 3 is 2.56 bits per heavy atom. The smallest absolute Gasteiger partial charge is 0.220 e. The first-order valence-electron chi connectivity index (χ1n) is 9.71. The zero-order chi connectivity index (χ0) is 19.5. The highest BCUT2D eigenvalue weighted by molar-refractivity contribution is 5.75. The van der Waals surface area contributed by atoms with Crippen LogP contribution in [0.2, 0.25) is 0 Å². The minimum Gasteiger partial charge on any atom is -0.494 e. The first-order chi connectivity index (χ1) is 13.0. The molecule has 2 aromatic rings. The predicted molar refractivity (Wildman–Crippen MR) is 111 cm³/mol. The topological polar surface area (TPSA) is 41.6 Å². The molecule has 2 aromatic carbocycles. The fraction of sp³-hybridized carbons (Fsp3) is 0.435. The molecule has 0 heterocycles. The molecule has 0 fully saturated rings. The Morgan fingerprint density at radius 2 is 1.85 bits per heavy atom. The minimum absolute atomic E-state index is 0.116. The van der Waals surface area contributed by atoms with Gasteiger partial charge in [0.25, 0.3) is 0 Å². The summed E-state index contributed by atoms with van der Waals surface area (Å²) < 4.78 is 5.73. The first-order valence-corrected chi connectivity index (χ1v) is 9.71. The van der Waals surface area contributed by atoms with Gasteiger partial charge in [-0.3, -0.25) is 4.79 Å². The molecule has 1 atom stereocenters. The van der Waals surface area contributed by atoms with Gasteiger partial charge in [-0.25, -0.2) is 0 Å². The Kier molecular flexibility index (Phi) is 8.85. The Bertz CT molecular complexity index is 686. The molecule has 0 saturated heterocycles. The maximum atomic E-state index is 12.1. The normalized spacial score (nSPS) is 12.0. The predicted octanol–water partition coefficient (Wildman–Crippen LogP) is 3.83. The van der Waals surface area contributed by atoms with Crippen molar-refractivity contribution in [3.8, 4) is 5.75 Å². The summed E-state index contributed by atoms with van der Waals surface area (Å²) >= 11 is 0. The maximum absolute atomic E-state index is 12.1. The second kappa shape index (κ2) is 11.4. The van der Waals surface area contributed by atoms with Crippen LogP contribution in [0.1, 0.15) is 30.4 Å². The molecule has 0 bridgehead atoms. The van der Waals surface area contributed by atoms with Crippen LogP contribution in [0.3, 0.4) is 0 Å². The summed E-state index contributed by atoms with van der Waals surface area (Å²) in [7, 11) is 4.12. The third-order valence-electron chi connectivity index (χ3n) is 4.64. The molecule has 4 heteroatoms. The van der Waals surface area contributed by atoms with Gasteiger partial charge < -0.3 is 15.0 Å². The van der Waals surface area contributed by atoms with Crippen molar-refractivity contribution in [2.75, 3.05) is 27.2 Å². The van der Waals surface area contributed by atoms with E-state index in [2.05, 4.69) is 61.6 Å². The number of hydrogen-bond donors (Lipinski definition) is 1. The summed E-state index contributed by atoms with van der Waals surface area (Å²) in [6, 6.07) is 18.7. The molecule has 1 N–H and O–H groups in total. The van der Waals surface area contributed by atoms with Crippen molar-refractivity contribution in [1.82, 2.24) is 10.2 Å². The van der Waals surface area contributed by atoms with Gasteiger partial charge in [0, 0.05) is 19.0 Å². The number of ether oxygens (including phenoxy) is 1. The number of rotatable bonds is 11. The van der Waals surface area contributed by atoms with Gasteiger partial charge in [0.15, 0.2) is 0 Å². The summed E-state index contributed by atoms with van der Waals surface area (Å²) in [6.07, 6.45) is 3.19. The minimum atomic E-state index is 0.116. The number of carbonyl (C=O) groups is 1. The standard InChI is InChI=1S/C23H32N2O2/c1-19-10-9-13-22(16-19)27-15-8-7-14-23(26)24-18-21(25(2)3)17-20-11-5-4-6-12-20/h4-6,9-13,16,21H,7-8,14-15,17-18H2,1-3H3,(H,24,26). The molecule has 0 aliphatic rings. The van der Waals surface area contributed by atoms with Gasteiger partial charge in [0.2, 0.25) is 5.91 Å². The molecule has 0 aromatic heterocycles. The quantitative estimate of drug-likeness (QED) is 0.613. The van der Waals surface area contributed by atoms with Gasteiger partial charge >= 0.3 is 0 Å². The molecule has 0 spiro atoms. The lowest BCUT2D eigenvalue weighted by Gasteiger charge is -2.24. The largest absolute Gasteiger partial charge is 0.494 e. The number of unbranched alkanes of at least 4 members (excludes halogenated alkanes) is 1. The SMILES string of the molecule is Cc1cccc(OCCCCC(=O)NCC(Cc2ccccc2)N(C)C)c1. The molecule has 0 radical (unpaired) electrons. The average molecular weight is 369 g/mol. The van der Waals surface area contributed by atoms with Crippen molar-refractivity contribution < 1.29 is 9.53 Å². The summed E-state index contributed by atoms with van der Waals surface area (Å²) in [5, 5.41) is 3.08. The first kappa shape index (κ1) is 21.0. The maximum Gasteiger partial charge on any atom is 0.220 e. The third-order valence-corrected chi connectivity index (χ3v) is 4.64. The number of carbonyl (C=O) groups excluding carboxylic acids is 1. The second-order valence-corrected chi connectivity index (χ2v) is 7.23. The van der Waals surface area contributed by atoms with Crippen LogP contribution in [0.15, 0.2) is 54.6 Å². The van der Waals surface area contributed by atoms with Crippen molar-refractivity contribution in [3.63, 3.8) is 0 Å². The highest BCUT2D eigenvalue weighted by Crippen LogP contribution is 2.13.